The molecule has 5 heteroatoms. The Balaban J connectivity index is 0.00000200. The molecule has 3 N–H and O–H groups in total. The van der Waals surface area contributed by atoms with Gasteiger partial charge in [0, 0.05) is 17.0 Å². The Kier molecular flexibility index (Phi) is 5.87. The minimum absolute atomic E-state index is 0. The average Bonchev–Trinajstić information content (AvgIpc) is 2.75. The number of hydrogen-bond acceptors (Lipinski definition) is 2. The van der Waals surface area contributed by atoms with Crippen LogP contribution in [0.3, 0.4) is 0 Å². The van der Waals surface area contributed by atoms with Gasteiger partial charge in [-0.15, -0.1) is 12.4 Å². The highest BCUT2D eigenvalue weighted by atomic mass is 35.5. The van der Waals surface area contributed by atoms with Gasteiger partial charge in [0.05, 0.1) is 5.54 Å². The zero-order valence-electron chi connectivity index (χ0n) is 11.9. The van der Waals surface area contributed by atoms with Gasteiger partial charge in [0.15, 0.2) is 0 Å². The van der Waals surface area contributed by atoms with Crippen molar-refractivity contribution < 1.29 is 4.79 Å². The lowest BCUT2D eigenvalue weighted by atomic mass is 9.93. The summed E-state index contributed by atoms with van der Waals surface area (Å²) in [6.45, 7) is 3.98. The topological polar surface area (TPSA) is 55.1 Å². The molecule has 0 aromatic heterocycles. The molecular formula is C15H22Cl2N2O. The van der Waals surface area contributed by atoms with Crippen molar-refractivity contribution in [3.8, 4) is 0 Å². The van der Waals surface area contributed by atoms with Crippen LogP contribution < -0.4 is 11.1 Å². The fourth-order valence-electron chi connectivity index (χ4n) is 2.61. The molecule has 2 unspecified atom stereocenters. The summed E-state index contributed by atoms with van der Waals surface area (Å²) >= 11 is 6.00. The van der Waals surface area contributed by atoms with Crippen molar-refractivity contribution in [1.29, 1.82) is 0 Å². The van der Waals surface area contributed by atoms with Crippen LogP contribution in [0.4, 0.5) is 0 Å². The number of hydrogen-bond donors (Lipinski definition) is 2. The zero-order valence-corrected chi connectivity index (χ0v) is 13.4. The van der Waals surface area contributed by atoms with Crippen LogP contribution in [0, 0.1) is 5.92 Å². The molecule has 1 aliphatic rings. The van der Waals surface area contributed by atoms with E-state index >= 15 is 0 Å². The summed E-state index contributed by atoms with van der Waals surface area (Å²) in [6.07, 6.45) is 2.62. The summed E-state index contributed by atoms with van der Waals surface area (Å²) in [5.41, 5.74) is 6.45. The third-order valence-corrected chi connectivity index (χ3v) is 4.06. The lowest BCUT2D eigenvalue weighted by molar-refractivity contribution is -0.126. The van der Waals surface area contributed by atoms with Crippen molar-refractivity contribution in [2.45, 2.75) is 44.7 Å². The van der Waals surface area contributed by atoms with Gasteiger partial charge in [0.2, 0.25) is 5.91 Å². The molecular weight excluding hydrogens is 295 g/mol. The summed E-state index contributed by atoms with van der Waals surface area (Å²) < 4.78 is 0. The van der Waals surface area contributed by atoms with Gasteiger partial charge in [0.25, 0.3) is 0 Å². The molecule has 0 spiro atoms. The Labute approximate surface area is 131 Å². The Hall–Kier alpha value is -0.770. The van der Waals surface area contributed by atoms with Crippen LogP contribution in [0.2, 0.25) is 5.02 Å². The van der Waals surface area contributed by atoms with Crippen molar-refractivity contribution in [3.05, 3.63) is 34.9 Å². The van der Waals surface area contributed by atoms with Crippen LogP contribution >= 0.6 is 24.0 Å². The number of halogens is 2. The summed E-state index contributed by atoms with van der Waals surface area (Å²) in [6, 6.07) is 7.77. The highest BCUT2D eigenvalue weighted by Crippen LogP contribution is 2.27. The maximum atomic E-state index is 12.3. The van der Waals surface area contributed by atoms with E-state index in [1.165, 1.54) is 0 Å². The summed E-state index contributed by atoms with van der Waals surface area (Å²) in [5, 5.41) is 3.79. The number of benzene rings is 1. The van der Waals surface area contributed by atoms with Gasteiger partial charge < -0.3 is 11.1 Å². The largest absolute Gasteiger partial charge is 0.347 e. The molecule has 0 aliphatic heterocycles. The van der Waals surface area contributed by atoms with E-state index in [4.69, 9.17) is 17.3 Å². The number of carbonyl (C=O) groups is 1. The highest BCUT2D eigenvalue weighted by Gasteiger charge is 2.31. The van der Waals surface area contributed by atoms with Crippen molar-refractivity contribution in [3.63, 3.8) is 0 Å². The molecule has 1 amide bonds. The predicted molar refractivity (Wildman–Crippen MR) is 85.2 cm³/mol. The van der Waals surface area contributed by atoms with Crippen molar-refractivity contribution in [2.75, 3.05) is 0 Å². The zero-order chi connectivity index (χ0) is 14.0. The van der Waals surface area contributed by atoms with Crippen LogP contribution in [0.1, 0.15) is 38.7 Å². The Morgan fingerprint density at radius 3 is 2.65 bits per heavy atom. The molecule has 1 aromatic rings. The normalized spacial score (nSPS) is 22.2. The highest BCUT2D eigenvalue weighted by molar-refractivity contribution is 6.30. The molecule has 1 aromatic carbocycles. The van der Waals surface area contributed by atoms with E-state index in [0.717, 1.165) is 24.8 Å². The first kappa shape index (κ1) is 17.3. The van der Waals surface area contributed by atoms with Gasteiger partial charge in [-0.3, -0.25) is 4.79 Å². The van der Waals surface area contributed by atoms with Crippen molar-refractivity contribution in [2.24, 2.45) is 11.7 Å². The number of nitrogens with two attached hydrogens (primary N) is 1. The monoisotopic (exact) mass is 316 g/mol. The quantitative estimate of drug-likeness (QED) is 0.899. The van der Waals surface area contributed by atoms with Gasteiger partial charge in [0.1, 0.15) is 0 Å². The molecule has 1 aliphatic carbocycles. The molecule has 0 heterocycles. The molecule has 0 radical (unpaired) electrons. The molecule has 1 fully saturated rings. The molecule has 1 saturated carbocycles. The van der Waals surface area contributed by atoms with E-state index in [1.807, 2.05) is 38.1 Å². The third-order valence-electron chi connectivity index (χ3n) is 3.83. The van der Waals surface area contributed by atoms with E-state index in [-0.39, 0.29) is 30.3 Å². The minimum atomic E-state index is -0.422. The Morgan fingerprint density at radius 2 is 2.10 bits per heavy atom. The molecule has 20 heavy (non-hydrogen) atoms. The van der Waals surface area contributed by atoms with E-state index in [0.29, 0.717) is 5.02 Å². The van der Waals surface area contributed by atoms with Crippen LogP contribution in [0.25, 0.3) is 0 Å². The van der Waals surface area contributed by atoms with Gasteiger partial charge in [-0.2, -0.15) is 0 Å². The Morgan fingerprint density at radius 1 is 1.40 bits per heavy atom. The molecule has 2 atom stereocenters. The fraction of sp³-hybridized carbons (Fsp3) is 0.533. The fourth-order valence-corrected chi connectivity index (χ4v) is 2.80. The molecule has 0 bridgehead atoms. The van der Waals surface area contributed by atoms with E-state index in [2.05, 4.69) is 5.32 Å². The van der Waals surface area contributed by atoms with Crippen molar-refractivity contribution >= 4 is 29.9 Å². The summed E-state index contributed by atoms with van der Waals surface area (Å²) in [7, 11) is 0. The van der Waals surface area contributed by atoms with Crippen LogP contribution in [0.15, 0.2) is 24.3 Å². The number of rotatable bonds is 3. The van der Waals surface area contributed by atoms with Crippen molar-refractivity contribution in [1.82, 2.24) is 5.32 Å². The second-order valence-corrected chi connectivity index (χ2v) is 6.33. The predicted octanol–water partition coefficient (Wildman–Crippen LogP) is 3.24. The van der Waals surface area contributed by atoms with Crippen LogP contribution in [0.5, 0.6) is 0 Å². The second-order valence-electron chi connectivity index (χ2n) is 5.89. The summed E-state index contributed by atoms with van der Waals surface area (Å²) in [5.74, 6) is 0.145. The smallest absolute Gasteiger partial charge is 0.223 e. The van der Waals surface area contributed by atoms with Gasteiger partial charge in [-0.1, -0.05) is 23.7 Å². The van der Waals surface area contributed by atoms with E-state index in [9.17, 15) is 4.79 Å². The first-order valence-corrected chi connectivity index (χ1v) is 7.10. The average molecular weight is 317 g/mol. The lowest BCUT2D eigenvalue weighted by Gasteiger charge is -2.28. The number of nitrogens with one attached hydrogen (secondary N) is 1. The first-order chi connectivity index (χ1) is 8.88. The van der Waals surface area contributed by atoms with Gasteiger partial charge in [-0.05, 0) is 50.8 Å². The Bertz CT molecular complexity index is 477. The van der Waals surface area contributed by atoms with E-state index in [1.54, 1.807) is 0 Å². The van der Waals surface area contributed by atoms with E-state index < -0.39 is 5.54 Å². The molecule has 3 nitrogen and oxygen atoms in total. The molecule has 0 saturated heterocycles. The van der Waals surface area contributed by atoms with Gasteiger partial charge >= 0.3 is 0 Å². The first-order valence-electron chi connectivity index (χ1n) is 6.72. The lowest BCUT2D eigenvalue weighted by Crippen LogP contribution is -2.43. The second kappa shape index (κ2) is 6.79. The van der Waals surface area contributed by atoms with Crippen LogP contribution in [-0.2, 0) is 10.3 Å². The molecule has 2 rings (SSSR count). The molecule has 112 valence electrons. The maximum Gasteiger partial charge on any atom is 0.223 e. The minimum Gasteiger partial charge on any atom is -0.347 e. The van der Waals surface area contributed by atoms with Crippen LogP contribution in [-0.4, -0.2) is 11.9 Å². The van der Waals surface area contributed by atoms with Gasteiger partial charge in [-0.25, -0.2) is 0 Å². The SMILES string of the molecule is CC(C)(NC(=O)C1CCC(N)C1)c1cccc(Cl)c1.Cl. The number of amides is 1. The maximum absolute atomic E-state index is 12.3. The number of carbonyl (C=O) groups excluding carboxylic acids is 1. The third kappa shape index (κ3) is 4.11. The summed E-state index contributed by atoms with van der Waals surface area (Å²) in [4.78, 5) is 12.3. The standard InChI is InChI=1S/C15H21ClN2O.ClH/c1-15(2,11-4-3-5-12(16)9-11)18-14(19)10-6-7-13(17)8-10;/h3-5,9-10,13H,6-8,17H2,1-2H3,(H,18,19);1H.